The summed E-state index contributed by atoms with van der Waals surface area (Å²) in [7, 11) is -3.75. The van der Waals surface area contributed by atoms with E-state index in [0.29, 0.717) is 0 Å². The van der Waals surface area contributed by atoms with Crippen LogP contribution in [0.2, 0.25) is 0 Å². The fourth-order valence-corrected chi connectivity index (χ4v) is 2.87. The highest BCUT2D eigenvalue weighted by Crippen LogP contribution is 2.30. The summed E-state index contributed by atoms with van der Waals surface area (Å²) in [6.45, 7) is 0. The zero-order valence-electron chi connectivity index (χ0n) is 11.5. The quantitative estimate of drug-likeness (QED) is 0.671. The lowest BCUT2D eigenvalue weighted by molar-refractivity contribution is -0.137. The molecule has 0 aliphatic rings. The first-order valence-electron chi connectivity index (χ1n) is 6.18. The molecule has 0 saturated carbocycles. The van der Waals surface area contributed by atoms with Crippen LogP contribution >= 0.6 is 0 Å². The van der Waals surface area contributed by atoms with Crippen LogP contribution in [0.15, 0.2) is 40.4 Å². The Labute approximate surface area is 127 Å². The zero-order valence-corrected chi connectivity index (χ0v) is 12.3. The predicted octanol–water partition coefficient (Wildman–Crippen LogP) is 1.66. The van der Waals surface area contributed by atoms with E-state index in [2.05, 4.69) is 10.2 Å². The fraction of sp³-hybridized carbons (Fsp3) is 0.154. The van der Waals surface area contributed by atoms with E-state index < -0.39 is 32.2 Å². The summed E-state index contributed by atoms with van der Waals surface area (Å²) >= 11 is 0. The highest BCUT2D eigenvalue weighted by Gasteiger charge is 2.30. The number of rotatable bonds is 1. The summed E-state index contributed by atoms with van der Waals surface area (Å²) in [5.74, 6) is 0. The molecule has 1 aromatic carbocycles. The highest BCUT2D eigenvalue weighted by atomic mass is 32.2. The van der Waals surface area contributed by atoms with E-state index in [9.17, 15) is 26.4 Å². The largest absolute Gasteiger partial charge is 0.416 e. The number of alkyl halides is 3. The van der Waals surface area contributed by atoms with Crippen LogP contribution in [0.25, 0.3) is 16.4 Å². The molecule has 0 aliphatic carbocycles. The van der Waals surface area contributed by atoms with Crippen molar-refractivity contribution in [2.75, 3.05) is 6.26 Å². The molecule has 0 aliphatic heterocycles. The average molecular weight is 343 g/mol. The number of hydrogen-bond donors (Lipinski definition) is 0. The van der Waals surface area contributed by atoms with Crippen LogP contribution in [0.3, 0.4) is 0 Å². The Bertz CT molecular complexity index is 1100. The minimum absolute atomic E-state index is 0.0135. The Balaban J connectivity index is 2.45. The molecule has 0 saturated heterocycles. The molecule has 0 spiro atoms. The second-order valence-electron chi connectivity index (χ2n) is 4.89. The van der Waals surface area contributed by atoms with Gasteiger partial charge in [0, 0.05) is 17.8 Å². The van der Waals surface area contributed by atoms with Crippen LogP contribution in [-0.4, -0.2) is 29.3 Å². The van der Waals surface area contributed by atoms with Gasteiger partial charge in [0.1, 0.15) is 0 Å². The first-order valence-corrected chi connectivity index (χ1v) is 8.07. The summed E-state index contributed by atoms with van der Waals surface area (Å²) < 4.78 is 62.5. The van der Waals surface area contributed by atoms with Gasteiger partial charge >= 0.3 is 6.18 Å². The minimum Gasteiger partial charge on any atom is -0.285 e. The van der Waals surface area contributed by atoms with Gasteiger partial charge in [0.2, 0.25) is 20.9 Å². The van der Waals surface area contributed by atoms with Crippen LogP contribution in [0.1, 0.15) is 5.56 Å². The molecule has 120 valence electrons. The maximum Gasteiger partial charge on any atom is 0.416 e. The van der Waals surface area contributed by atoms with Gasteiger partial charge in [-0.05, 0) is 29.7 Å². The Hall–Kier alpha value is -2.49. The zero-order chi connectivity index (χ0) is 17.0. The monoisotopic (exact) mass is 343 g/mol. The average Bonchev–Trinajstić information content (AvgIpc) is 2.81. The molecule has 0 unspecified atom stereocenters. The van der Waals surface area contributed by atoms with Crippen LogP contribution < -0.4 is 5.43 Å². The van der Waals surface area contributed by atoms with Gasteiger partial charge in [0.25, 0.3) is 5.16 Å². The van der Waals surface area contributed by atoms with Crippen molar-refractivity contribution in [1.82, 2.24) is 14.6 Å². The van der Waals surface area contributed by atoms with Gasteiger partial charge in [-0.15, -0.1) is 10.2 Å². The van der Waals surface area contributed by atoms with E-state index in [4.69, 9.17) is 0 Å². The van der Waals surface area contributed by atoms with E-state index in [-0.39, 0.29) is 16.4 Å². The molecule has 0 radical (unpaired) electrons. The lowest BCUT2D eigenvalue weighted by Gasteiger charge is -2.06. The van der Waals surface area contributed by atoms with Crippen molar-refractivity contribution in [3.63, 3.8) is 0 Å². The molecular weight excluding hydrogens is 335 g/mol. The maximum absolute atomic E-state index is 12.8. The van der Waals surface area contributed by atoms with Gasteiger partial charge in [-0.3, -0.25) is 9.20 Å². The van der Waals surface area contributed by atoms with Crippen molar-refractivity contribution in [2.45, 2.75) is 11.3 Å². The summed E-state index contributed by atoms with van der Waals surface area (Å²) in [6.07, 6.45) is -2.50. The Kier molecular flexibility index (Phi) is 3.18. The van der Waals surface area contributed by atoms with Crippen LogP contribution in [0.4, 0.5) is 13.2 Å². The third kappa shape index (κ3) is 2.54. The van der Waals surface area contributed by atoms with Gasteiger partial charge < -0.3 is 0 Å². The first-order chi connectivity index (χ1) is 10.6. The number of hydrogen-bond acceptors (Lipinski definition) is 5. The van der Waals surface area contributed by atoms with Gasteiger partial charge in [-0.25, -0.2) is 8.42 Å². The Morgan fingerprint density at radius 3 is 2.43 bits per heavy atom. The molecule has 0 amide bonds. The van der Waals surface area contributed by atoms with E-state index >= 15 is 0 Å². The molecule has 0 bridgehead atoms. The number of nitrogens with zero attached hydrogens (tertiary/aromatic N) is 3. The summed E-state index contributed by atoms with van der Waals surface area (Å²) in [6, 6.07) is 3.87. The Morgan fingerprint density at radius 2 is 1.83 bits per heavy atom. The van der Waals surface area contributed by atoms with E-state index in [0.717, 1.165) is 35.1 Å². The third-order valence-corrected chi connectivity index (χ3v) is 4.17. The van der Waals surface area contributed by atoms with Crippen molar-refractivity contribution in [3.05, 3.63) is 46.2 Å². The Morgan fingerprint density at radius 1 is 1.13 bits per heavy atom. The molecule has 6 nitrogen and oxygen atoms in total. The van der Waals surface area contributed by atoms with Crippen molar-refractivity contribution >= 4 is 26.3 Å². The molecule has 10 heteroatoms. The number of aromatic nitrogens is 3. The second kappa shape index (κ2) is 4.75. The van der Waals surface area contributed by atoms with Gasteiger partial charge in [0.15, 0.2) is 0 Å². The number of benzene rings is 1. The predicted molar refractivity (Wildman–Crippen MR) is 74.9 cm³/mol. The van der Waals surface area contributed by atoms with E-state index in [1.54, 1.807) is 0 Å². The van der Waals surface area contributed by atoms with Gasteiger partial charge in [0.05, 0.1) is 5.56 Å². The summed E-state index contributed by atoms with van der Waals surface area (Å²) in [5, 5.41) is 6.56. The summed E-state index contributed by atoms with van der Waals surface area (Å²) in [4.78, 5) is 12.4. The van der Waals surface area contributed by atoms with Gasteiger partial charge in [-0.1, -0.05) is 0 Å². The van der Waals surface area contributed by atoms with Crippen molar-refractivity contribution in [2.24, 2.45) is 0 Å². The molecule has 3 aromatic rings. The topological polar surface area (TPSA) is 81.4 Å². The standard InChI is InChI=1S/C13H8F3N3O3S/c1-23(21,22)12-18-17-11-10(20)9-3-2-8(13(14,15)16)6-7(9)4-5-19(11)12/h2-6H,1H3. The van der Waals surface area contributed by atoms with E-state index in [1.807, 2.05) is 0 Å². The second-order valence-corrected chi connectivity index (χ2v) is 6.80. The molecule has 0 N–H and O–H groups in total. The summed E-state index contributed by atoms with van der Waals surface area (Å²) in [5.41, 5.74) is -1.89. The SMILES string of the molecule is CS(=O)(=O)c1nnc2c(=O)c3ccc(C(F)(F)F)cc3ccn12. The fourth-order valence-electron chi connectivity index (χ4n) is 2.18. The molecule has 0 atom stereocenters. The number of fused-ring (bicyclic) bond motifs is 2. The maximum atomic E-state index is 12.8. The number of halogens is 3. The normalized spacial score (nSPS) is 12.9. The smallest absolute Gasteiger partial charge is 0.285 e. The molecule has 2 heterocycles. The third-order valence-electron chi connectivity index (χ3n) is 3.23. The minimum atomic E-state index is -4.55. The number of sulfone groups is 1. The van der Waals surface area contributed by atoms with Crippen molar-refractivity contribution < 1.29 is 21.6 Å². The molecular formula is C13H8F3N3O3S. The molecule has 23 heavy (non-hydrogen) atoms. The lowest BCUT2D eigenvalue weighted by atomic mass is 10.1. The van der Waals surface area contributed by atoms with Crippen molar-refractivity contribution in [1.29, 1.82) is 0 Å². The van der Waals surface area contributed by atoms with E-state index in [1.165, 1.54) is 6.07 Å². The first kappa shape index (κ1) is 15.4. The molecule has 3 rings (SSSR count). The van der Waals surface area contributed by atoms with Crippen LogP contribution in [0, 0.1) is 0 Å². The van der Waals surface area contributed by atoms with Crippen molar-refractivity contribution in [3.8, 4) is 0 Å². The molecule has 0 fully saturated rings. The lowest BCUT2D eigenvalue weighted by Crippen LogP contribution is -2.07. The molecule has 2 aromatic heterocycles. The van der Waals surface area contributed by atoms with Crippen LogP contribution in [-0.2, 0) is 16.0 Å². The van der Waals surface area contributed by atoms with Crippen LogP contribution in [0.5, 0.6) is 0 Å². The highest BCUT2D eigenvalue weighted by molar-refractivity contribution is 7.90. The van der Waals surface area contributed by atoms with Gasteiger partial charge in [-0.2, -0.15) is 13.2 Å².